The molecule has 3 nitrogen and oxygen atoms in total. The van der Waals surface area contributed by atoms with Gasteiger partial charge in [-0.25, -0.2) is 0 Å². The van der Waals surface area contributed by atoms with E-state index in [1.807, 2.05) is 13.0 Å². The number of carbonyl (C=O) groups excluding carboxylic acids is 1. The van der Waals surface area contributed by atoms with E-state index in [-0.39, 0.29) is 11.9 Å². The van der Waals surface area contributed by atoms with E-state index in [9.17, 15) is 4.79 Å². The summed E-state index contributed by atoms with van der Waals surface area (Å²) in [5.41, 5.74) is 1.61. The van der Waals surface area contributed by atoms with Gasteiger partial charge in [0.25, 0.3) is 5.91 Å². The lowest BCUT2D eigenvalue weighted by atomic mass is 10.1. The fourth-order valence-electron chi connectivity index (χ4n) is 2.03. The van der Waals surface area contributed by atoms with Gasteiger partial charge in [0.05, 0.1) is 0 Å². The molecule has 0 aliphatic carbocycles. The summed E-state index contributed by atoms with van der Waals surface area (Å²) >= 11 is 5.94. The topological polar surface area (TPSA) is 41.1 Å². The zero-order valence-corrected chi connectivity index (χ0v) is 10.7. The van der Waals surface area contributed by atoms with E-state index in [1.54, 1.807) is 12.1 Å². The number of carbonyl (C=O) groups is 1. The molecule has 1 fully saturated rings. The van der Waals surface area contributed by atoms with Crippen molar-refractivity contribution in [2.45, 2.75) is 25.8 Å². The first-order valence-corrected chi connectivity index (χ1v) is 6.32. The van der Waals surface area contributed by atoms with Crippen LogP contribution in [0.2, 0.25) is 5.02 Å². The zero-order valence-electron chi connectivity index (χ0n) is 9.92. The second kappa shape index (κ2) is 5.52. The van der Waals surface area contributed by atoms with Crippen molar-refractivity contribution >= 4 is 17.5 Å². The van der Waals surface area contributed by atoms with Crippen molar-refractivity contribution in [2.24, 2.45) is 0 Å². The van der Waals surface area contributed by atoms with E-state index < -0.39 is 0 Å². The molecule has 0 spiro atoms. The number of amides is 1. The Morgan fingerprint density at radius 2 is 2.35 bits per heavy atom. The van der Waals surface area contributed by atoms with Crippen LogP contribution >= 0.6 is 11.6 Å². The van der Waals surface area contributed by atoms with Crippen LogP contribution in [0.3, 0.4) is 0 Å². The molecule has 0 saturated carbocycles. The second-order valence-electron chi connectivity index (χ2n) is 4.48. The molecule has 0 bridgehead atoms. The number of hydrogen-bond donors (Lipinski definition) is 2. The quantitative estimate of drug-likeness (QED) is 0.847. The second-order valence-corrected chi connectivity index (χ2v) is 4.89. The van der Waals surface area contributed by atoms with E-state index in [2.05, 4.69) is 10.6 Å². The summed E-state index contributed by atoms with van der Waals surface area (Å²) in [6, 6.07) is 5.60. The molecule has 1 aliphatic heterocycles. The highest BCUT2D eigenvalue weighted by Gasteiger charge is 2.16. The third-order valence-electron chi connectivity index (χ3n) is 3.05. The molecule has 1 aromatic rings. The molecule has 1 amide bonds. The van der Waals surface area contributed by atoms with Crippen molar-refractivity contribution in [2.75, 3.05) is 13.1 Å². The number of nitrogens with one attached hydrogen (secondary N) is 2. The van der Waals surface area contributed by atoms with Crippen LogP contribution in [-0.4, -0.2) is 25.0 Å². The monoisotopic (exact) mass is 252 g/mol. The molecule has 2 N–H and O–H groups in total. The van der Waals surface area contributed by atoms with Gasteiger partial charge in [0, 0.05) is 23.2 Å². The number of benzene rings is 1. The lowest BCUT2D eigenvalue weighted by Crippen LogP contribution is -2.45. The fraction of sp³-hybridized carbons (Fsp3) is 0.462. The standard InChI is InChI=1S/C13H17ClN2O/c1-9-7-10(4-5-12(9)14)13(17)16-11-3-2-6-15-8-11/h4-5,7,11,15H,2-3,6,8H2,1H3,(H,16,17). The van der Waals surface area contributed by atoms with Crippen molar-refractivity contribution in [1.29, 1.82) is 0 Å². The Bertz CT molecular complexity index is 414. The highest BCUT2D eigenvalue weighted by molar-refractivity contribution is 6.31. The van der Waals surface area contributed by atoms with Gasteiger partial charge in [-0.05, 0) is 50.1 Å². The SMILES string of the molecule is Cc1cc(C(=O)NC2CCCNC2)ccc1Cl. The van der Waals surface area contributed by atoms with Crippen molar-refractivity contribution in [3.63, 3.8) is 0 Å². The molecule has 4 heteroatoms. The third kappa shape index (κ3) is 3.20. The lowest BCUT2D eigenvalue weighted by Gasteiger charge is -2.23. The number of piperidine rings is 1. The summed E-state index contributed by atoms with van der Waals surface area (Å²) in [4.78, 5) is 12.0. The molecule has 1 aromatic carbocycles. The van der Waals surface area contributed by atoms with Crippen LogP contribution in [0.15, 0.2) is 18.2 Å². The number of halogens is 1. The molecule has 1 heterocycles. The molecule has 17 heavy (non-hydrogen) atoms. The Kier molecular flexibility index (Phi) is 4.02. The van der Waals surface area contributed by atoms with E-state index in [0.29, 0.717) is 10.6 Å². The minimum absolute atomic E-state index is 0.0153. The zero-order chi connectivity index (χ0) is 12.3. The predicted molar refractivity (Wildman–Crippen MR) is 69.5 cm³/mol. The van der Waals surface area contributed by atoms with E-state index in [1.165, 1.54) is 0 Å². The van der Waals surface area contributed by atoms with Crippen molar-refractivity contribution in [3.05, 3.63) is 34.3 Å². The van der Waals surface area contributed by atoms with E-state index >= 15 is 0 Å². The maximum Gasteiger partial charge on any atom is 0.251 e. The summed E-state index contributed by atoms with van der Waals surface area (Å²) in [6.45, 7) is 3.81. The van der Waals surface area contributed by atoms with Gasteiger partial charge in [-0.2, -0.15) is 0 Å². The summed E-state index contributed by atoms with van der Waals surface area (Å²) in [5, 5.41) is 7.01. The Hall–Kier alpha value is -1.06. The summed E-state index contributed by atoms with van der Waals surface area (Å²) in [7, 11) is 0. The Morgan fingerprint density at radius 3 is 3.00 bits per heavy atom. The molecule has 0 radical (unpaired) electrons. The van der Waals surface area contributed by atoms with Gasteiger partial charge in [0.15, 0.2) is 0 Å². The summed E-state index contributed by atoms with van der Waals surface area (Å²) in [6.07, 6.45) is 2.16. The number of rotatable bonds is 2. The van der Waals surface area contributed by atoms with Gasteiger partial charge < -0.3 is 10.6 Å². The summed E-state index contributed by atoms with van der Waals surface area (Å²) < 4.78 is 0. The Labute approximate surface area is 107 Å². The largest absolute Gasteiger partial charge is 0.348 e. The van der Waals surface area contributed by atoms with Crippen molar-refractivity contribution in [3.8, 4) is 0 Å². The first kappa shape index (κ1) is 12.4. The average Bonchev–Trinajstić information content (AvgIpc) is 2.34. The first-order chi connectivity index (χ1) is 8.16. The van der Waals surface area contributed by atoms with Gasteiger partial charge in [0.2, 0.25) is 0 Å². The van der Waals surface area contributed by atoms with Crippen molar-refractivity contribution in [1.82, 2.24) is 10.6 Å². The maximum atomic E-state index is 12.0. The Balaban J connectivity index is 2.01. The van der Waals surface area contributed by atoms with Crippen LogP contribution in [-0.2, 0) is 0 Å². The van der Waals surface area contributed by atoms with Crippen molar-refractivity contribution < 1.29 is 4.79 Å². The van der Waals surface area contributed by atoms with Crippen LogP contribution in [0.1, 0.15) is 28.8 Å². The summed E-state index contributed by atoms with van der Waals surface area (Å²) in [5.74, 6) is -0.0153. The molecule has 2 rings (SSSR count). The predicted octanol–water partition coefficient (Wildman–Crippen LogP) is 2.13. The minimum Gasteiger partial charge on any atom is -0.348 e. The lowest BCUT2D eigenvalue weighted by molar-refractivity contribution is 0.0930. The molecule has 1 saturated heterocycles. The van der Waals surface area contributed by atoms with Gasteiger partial charge in [-0.15, -0.1) is 0 Å². The maximum absolute atomic E-state index is 12.0. The molecule has 1 atom stereocenters. The first-order valence-electron chi connectivity index (χ1n) is 5.94. The van der Waals surface area contributed by atoms with Crippen LogP contribution in [0.5, 0.6) is 0 Å². The fourth-order valence-corrected chi connectivity index (χ4v) is 2.15. The van der Waals surface area contributed by atoms with Gasteiger partial charge in [0.1, 0.15) is 0 Å². The Morgan fingerprint density at radius 1 is 1.53 bits per heavy atom. The molecule has 92 valence electrons. The third-order valence-corrected chi connectivity index (χ3v) is 3.48. The van der Waals surface area contributed by atoms with Crippen LogP contribution < -0.4 is 10.6 Å². The molecular formula is C13H17ClN2O. The van der Waals surface area contributed by atoms with Crippen LogP contribution in [0.25, 0.3) is 0 Å². The van der Waals surface area contributed by atoms with Gasteiger partial charge >= 0.3 is 0 Å². The van der Waals surface area contributed by atoms with E-state index in [4.69, 9.17) is 11.6 Å². The minimum atomic E-state index is -0.0153. The average molecular weight is 253 g/mol. The molecule has 1 aliphatic rings. The normalized spacial score (nSPS) is 20.0. The van der Waals surface area contributed by atoms with Crippen LogP contribution in [0.4, 0.5) is 0 Å². The molecule has 0 aromatic heterocycles. The smallest absolute Gasteiger partial charge is 0.251 e. The molecular weight excluding hydrogens is 236 g/mol. The molecule has 1 unspecified atom stereocenters. The van der Waals surface area contributed by atoms with Gasteiger partial charge in [-0.1, -0.05) is 11.6 Å². The number of aryl methyl sites for hydroxylation is 1. The number of hydrogen-bond acceptors (Lipinski definition) is 2. The highest BCUT2D eigenvalue weighted by Crippen LogP contribution is 2.16. The van der Waals surface area contributed by atoms with Gasteiger partial charge in [-0.3, -0.25) is 4.79 Å². The van der Waals surface area contributed by atoms with Crippen LogP contribution in [0, 0.1) is 6.92 Å². The highest BCUT2D eigenvalue weighted by atomic mass is 35.5. The van der Waals surface area contributed by atoms with E-state index in [0.717, 1.165) is 31.5 Å².